The average molecular weight is 275 g/mol. The number of pyridine rings is 1. The van der Waals surface area contributed by atoms with Gasteiger partial charge in [-0.15, -0.1) is 0 Å². The minimum atomic E-state index is -1.11. The molecular weight excluding hydrogens is 262 g/mol. The van der Waals surface area contributed by atoms with Crippen LogP contribution in [0.25, 0.3) is 0 Å². The van der Waals surface area contributed by atoms with Crippen LogP contribution in [0.15, 0.2) is 24.5 Å². The van der Waals surface area contributed by atoms with Gasteiger partial charge in [-0.1, -0.05) is 0 Å². The van der Waals surface area contributed by atoms with Crippen LogP contribution in [-0.4, -0.2) is 32.3 Å². The monoisotopic (exact) mass is 275 g/mol. The second-order valence-electron chi connectivity index (χ2n) is 4.07. The highest BCUT2D eigenvalue weighted by molar-refractivity contribution is 5.90. The molecule has 0 saturated carbocycles. The number of H-pyrrole nitrogens is 1. The Morgan fingerprint density at radius 3 is 2.70 bits per heavy atom. The van der Waals surface area contributed by atoms with Crippen molar-refractivity contribution in [2.75, 3.05) is 5.32 Å². The number of anilines is 1. The fourth-order valence-corrected chi connectivity index (χ4v) is 1.50. The molecule has 0 spiro atoms. The summed E-state index contributed by atoms with van der Waals surface area (Å²) >= 11 is 0. The van der Waals surface area contributed by atoms with E-state index >= 15 is 0 Å². The molecule has 0 aliphatic rings. The molecule has 20 heavy (non-hydrogen) atoms. The number of aromatic nitrogens is 3. The number of rotatable bonds is 4. The maximum absolute atomic E-state index is 11.6. The Hall–Kier alpha value is -2.90. The molecule has 2 amide bonds. The van der Waals surface area contributed by atoms with Crippen molar-refractivity contribution in [2.24, 2.45) is 0 Å². The number of hydrogen-bond acceptors (Lipinski definition) is 4. The van der Waals surface area contributed by atoms with Crippen LogP contribution in [0, 0.1) is 6.92 Å². The lowest BCUT2D eigenvalue weighted by Gasteiger charge is -2.07. The fourth-order valence-electron chi connectivity index (χ4n) is 1.50. The topological polar surface area (TPSA) is 120 Å². The van der Waals surface area contributed by atoms with Crippen molar-refractivity contribution in [3.63, 3.8) is 0 Å². The first-order chi connectivity index (χ1) is 9.56. The van der Waals surface area contributed by atoms with Crippen LogP contribution in [0.3, 0.4) is 0 Å². The molecule has 0 aromatic carbocycles. The summed E-state index contributed by atoms with van der Waals surface area (Å²) in [4.78, 5) is 26.0. The van der Waals surface area contributed by atoms with Gasteiger partial charge in [-0.3, -0.25) is 5.10 Å². The van der Waals surface area contributed by atoms with Gasteiger partial charge in [0.15, 0.2) is 0 Å². The van der Waals surface area contributed by atoms with Gasteiger partial charge in [-0.05, 0) is 19.1 Å². The number of aryl methyl sites for hydroxylation is 1. The van der Waals surface area contributed by atoms with Gasteiger partial charge in [0.1, 0.15) is 5.69 Å². The number of nitrogens with one attached hydrogen (secondary N) is 3. The first-order valence-electron chi connectivity index (χ1n) is 5.79. The van der Waals surface area contributed by atoms with E-state index in [4.69, 9.17) is 5.11 Å². The van der Waals surface area contributed by atoms with E-state index < -0.39 is 12.0 Å². The van der Waals surface area contributed by atoms with Gasteiger partial charge in [0.25, 0.3) is 0 Å². The van der Waals surface area contributed by atoms with Gasteiger partial charge in [0.05, 0.1) is 18.1 Å². The van der Waals surface area contributed by atoms with Gasteiger partial charge < -0.3 is 15.7 Å². The molecule has 0 fully saturated rings. The fraction of sp³-hybridized carbons (Fsp3) is 0.167. The van der Waals surface area contributed by atoms with E-state index in [1.54, 1.807) is 6.20 Å². The van der Waals surface area contributed by atoms with E-state index in [1.807, 2.05) is 6.92 Å². The molecule has 2 aromatic heterocycles. The second kappa shape index (κ2) is 5.83. The second-order valence-corrected chi connectivity index (χ2v) is 4.07. The van der Waals surface area contributed by atoms with Crippen molar-refractivity contribution in [2.45, 2.75) is 13.5 Å². The third-order valence-electron chi connectivity index (χ3n) is 2.61. The zero-order chi connectivity index (χ0) is 14.5. The number of hydrogen-bond donors (Lipinski definition) is 4. The largest absolute Gasteiger partial charge is 0.477 e. The standard InChI is InChI=1S/C12H13N5O3/c1-7-8(5-15-17-7)4-14-12(20)16-9-2-3-10(11(18)19)13-6-9/h2-3,5-6H,4H2,1H3,(H,15,17)(H,18,19)(H2,14,16,20). The normalized spacial score (nSPS) is 10.1. The van der Waals surface area contributed by atoms with E-state index in [1.165, 1.54) is 18.3 Å². The van der Waals surface area contributed by atoms with Crippen LogP contribution in [0.5, 0.6) is 0 Å². The van der Waals surface area contributed by atoms with Crippen molar-refractivity contribution >= 4 is 17.7 Å². The number of carboxylic acids is 1. The number of aromatic carboxylic acids is 1. The summed E-state index contributed by atoms with van der Waals surface area (Å²) in [7, 11) is 0. The van der Waals surface area contributed by atoms with Crippen molar-refractivity contribution in [1.82, 2.24) is 20.5 Å². The third-order valence-corrected chi connectivity index (χ3v) is 2.61. The Morgan fingerprint density at radius 1 is 1.35 bits per heavy atom. The lowest BCUT2D eigenvalue weighted by molar-refractivity contribution is 0.0690. The molecular formula is C12H13N5O3. The number of aromatic amines is 1. The molecule has 0 atom stereocenters. The molecule has 8 heteroatoms. The number of carbonyl (C=O) groups is 2. The number of urea groups is 1. The minimum Gasteiger partial charge on any atom is -0.477 e. The lowest BCUT2D eigenvalue weighted by Crippen LogP contribution is -2.28. The molecule has 0 unspecified atom stereocenters. The highest BCUT2D eigenvalue weighted by atomic mass is 16.4. The van der Waals surface area contributed by atoms with Crippen molar-refractivity contribution in [3.8, 4) is 0 Å². The number of amides is 2. The van der Waals surface area contributed by atoms with Gasteiger partial charge >= 0.3 is 12.0 Å². The third kappa shape index (κ3) is 3.31. The van der Waals surface area contributed by atoms with E-state index in [-0.39, 0.29) is 5.69 Å². The Bertz CT molecular complexity index is 620. The van der Waals surface area contributed by atoms with E-state index in [2.05, 4.69) is 25.8 Å². The summed E-state index contributed by atoms with van der Waals surface area (Å²) in [6, 6.07) is 2.38. The van der Waals surface area contributed by atoms with Crippen LogP contribution >= 0.6 is 0 Å². The molecule has 8 nitrogen and oxygen atoms in total. The summed E-state index contributed by atoms with van der Waals surface area (Å²) in [5.41, 5.74) is 2.11. The number of carbonyl (C=O) groups excluding carboxylic acids is 1. The zero-order valence-electron chi connectivity index (χ0n) is 10.7. The molecule has 0 radical (unpaired) electrons. The smallest absolute Gasteiger partial charge is 0.354 e. The zero-order valence-corrected chi connectivity index (χ0v) is 10.7. The Morgan fingerprint density at radius 2 is 2.15 bits per heavy atom. The Kier molecular flexibility index (Phi) is 3.94. The molecule has 2 heterocycles. The van der Waals surface area contributed by atoms with Crippen LogP contribution < -0.4 is 10.6 Å². The summed E-state index contributed by atoms with van der Waals surface area (Å²) in [5.74, 6) is -1.11. The van der Waals surface area contributed by atoms with Gasteiger partial charge in [0.2, 0.25) is 0 Å². The van der Waals surface area contributed by atoms with E-state index in [0.717, 1.165) is 11.3 Å². The van der Waals surface area contributed by atoms with Gasteiger partial charge in [-0.25, -0.2) is 14.6 Å². The molecule has 2 rings (SSSR count). The van der Waals surface area contributed by atoms with Crippen LogP contribution in [0.2, 0.25) is 0 Å². The predicted molar refractivity (Wildman–Crippen MR) is 70.4 cm³/mol. The summed E-state index contributed by atoms with van der Waals surface area (Å²) in [6.07, 6.45) is 2.92. The van der Waals surface area contributed by atoms with E-state index in [0.29, 0.717) is 12.2 Å². The van der Waals surface area contributed by atoms with Crippen molar-refractivity contribution < 1.29 is 14.7 Å². The molecule has 0 aliphatic heterocycles. The number of carboxylic acid groups (broad SMARTS) is 1. The number of nitrogens with zero attached hydrogens (tertiary/aromatic N) is 2. The highest BCUT2D eigenvalue weighted by Gasteiger charge is 2.07. The first-order valence-corrected chi connectivity index (χ1v) is 5.79. The maximum Gasteiger partial charge on any atom is 0.354 e. The van der Waals surface area contributed by atoms with E-state index in [9.17, 15) is 9.59 Å². The average Bonchev–Trinajstić information content (AvgIpc) is 2.82. The quantitative estimate of drug-likeness (QED) is 0.666. The minimum absolute atomic E-state index is 0.0787. The molecule has 4 N–H and O–H groups in total. The van der Waals surface area contributed by atoms with Gasteiger partial charge in [-0.2, -0.15) is 5.10 Å². The first kappa shape index (κ1) is 13.5. The maximum atomic E-state index is 11.6. The molecule has 0 aliphatic carbocycles. The Labute approximate surface area is 114 Å². The van der Waals surface area contributed by atoms with Crippen LogP contribution in [0.4, 0.5) is 10.5 Å². The lowest BCUT2D eigenvalue weighted by atomic mass is 10.3. The molecule has 104 valence electrons. The molecule has 2 aromatic rings. The SMILES string of the molecule is Cc1[nH]ncc1CNC(=O)Nc1ccc(C(=O)O)nc1. The Balaban J connectivity index is 1.88. The highest BCUT2D eigenvalue weighted by Crippen LogP contribution is 2.06. The summed E-state index contributed by atoms with van der Waals surface area (Å²) in [5, 5.41) is 20.5. The molecule has 0 bridgehead atoms. The predicted octanol–water partition coefficient (Wildman–Crippen LogP) is 1.13. The molecule has 0 saturated heterocycles. The van der Waals surface area contributed by atoms with Gasteiger partial charge in [0, 0.05) is 17.8 Å². The van der Waals surface area contributed by atoms with Crippen molar-refractivity contribution in [1.29, 1.82) is 0 Å². The van der Waals surface area contributed by atoms with Crippen molar-refractivity contribution in [3.05, 3.63) is 41.5 Å². The summed E-state index contributed by atoms with van der Waals surface area (Å²) in [6.45, 7) is 2.20. The summed E-state index contributed by atoms with van der Waals surface area (Å²) < 4.78 is 0. The van der Waals surface area contributed by atoms with Crippen LogP contribution in [-0.2, 0) is 6.54 Å². The van der Waals surface area contributed by atoms with Crippen LogP contribution in [0.1, 0.15) is 21.7 Å².